The Balaban J connectivity index is 0.00000107. The monoisotopic (exact) mass is 678 g/mol. The van der Waals surface area contributed by atoms with Crippen LogP contribution in [0.3, 0.4) is 0 Å². The Kier molecular flexibility index (Phi) is 13.1. The van der Waals surface area contributed by atoms with Crippen molar-refractivity contribution in [1.29, 1.82) is 0 Å². The molecular formula is C42H54N4O4. The van der Waals surface area contributed by atoms with Gasteiger partial charge in [-0.1, -0.05) is 96.0 Å². The van der Waals surface area contributed by atoms with Crippen LogP contribution in [-0.4, -0.2) is 95.6 Å². The minimum atomic E-state index is -0.403. The van der Waals surface area contributed by atoms with E-state index in [9.17, 15) is 19.2 Å². The fourth-order valence-corrected chi connectivity index (χ4v) is 7.01. The number of hydrogen-bond acceptors (Lipinski definition) is 6. The lowest BCUT2D eigenvalue weighted by Gasteiger charge is -2.43. The Morgan fingerprint density at radius 3 is 1.40 bits per heavy atom. The fraction of sp³-hybridized carbons (Fsp3) is 0.429. The van der Waals surface area contributed by atoms with E-state index in [4.69, 9.17) is 0 Å². The zero-order chi connectivity index (χ0) is 36.6. The molecule has 0 N–H and O–H groups in total. The number of imide groups is 2. The lowest BCUT2D eigenvalue weighted by atomic mass is 9.89. The van der Waals surface area contributed by atoms with Crippen molar-refractivity contribution < 1.29 is 19.2 Å². The molecule has 0 fully saturated rings. The summed E-state index contributed by atoms with van der Waals surface area (Å²) in [4.78, 5) is 61.0. The highest BCUT2D eigenvalue weighted by molar-refractivity contribution is 6.26. The number of rotatable bonds is 12. The van der Waals surface area contributed by atoms with Gasteiger partial charge in [0, 0.05) is 58.2 Å². The topological polar surface area (TPSA) is 81.2 Å². The SMILES string of the molecule is CC.CCC.CCCC(C)(CN1C(=O)c2cccc3cccc(c23)C1=O)N(C)CCCN(C)CCN1C(=O)c2cccc3cccc(c23)C1=O. The summed E-state index contributed by atoms with van der Waals surface area (Å²) < 4.78 is 0. The Bertz CT molecular complexity index is 1750. The second-order valence-corrected chi connectivity index (χ2v) is 13.4. The standard InChI is InChI=1S/C37H40N4O4.C3H8.C2H6/c1-5-19-37(2,24-41-35(44)29-17-8-13-26-14-9-18-30(32(26)29)36(41)45)39(4)21-10-20-38(3)22-23-40-33(42)27-15-6-11-25-12-7-16-28(31(25)27)34(40)43;1-3-2;1-2/h6-9,11-18H,5,10,19-24H2,1-4H3;3H2,1-2H3;1-2H3. The molecule has 0 saturated carbocycles. The lowest BCUT2D eigenvalue weighted by molar-refractivity contribution is 0.0414. The van der Waals surface area contributed by atoms with E-state index in [1.54, 1.807) is 12.1 Å². The minimum Gasteiger partial charge on any atom is -0.305 e. The van der Waals surface area contributed by atoms with Gasteiger partial charge in [-0.3, -0.25) is 33.9 Å². The minimum absolute atomic E-state index is 0.236. The molecule has 2 aliphatic heterocycles. The predicted molar refractivity (Wildman–Crippen MR) is 204 cm³/mol. The number of carbonyl (C=O) groups is 4. The van der Waals surface area contributed by atoms with Crippen LogP contribution in [-0.2, 0) is 0 Å². The normalized spacial score (nSPS) is 14.9. The quantitative estimate of drug-likeness (QED) is 0.141. The van der Waals surface area contributed by atoms with Crippen molar-refractivity contribution in [3.63, 3.8) is 0 Å². The zero-order valence-corrected chi connectivity index (χ0v) is 31.2. The number of hydrogen-bond donors (Lipinski definition) is 0. The van der Waals surface area contributed by atoms with Crippen LogP contribution in [0.2, 0.25) is 0 Å². The van der Waals surface area contributed by atoms with E-state index in [2.05, 4.69) is 44.5 Å². The molecule has 4 aromatic carbocycles. The molecule has 4 aromatic rings. The highest BCUT2D eigenvalue weighted by Gasteiger charge is 2.39. The third-order valence-electron chi connectivity index (χ3n) is 9.66. The van der Waals surface area contributed by atoms with Gasteiger partial charge in [-0.2, -0.15) is 0 Å². The van der Waals surface area contributed by atoms with Crippen LogP contribution in [0, 0.1) is 0 Å². The molecule has 50 heavy (non-hydrogen) atoms. The molecule has 1 atom stereocenters. The third-order valence-corrected chi connectivity index (χ3v) is 9.66. The van der Waals surface area contributed by atoms with Gasteiger partial charge < -0.3 is 4.90 Å². The van der Waals surface area contributed by atoms with Crippen LogP contribution in [0.25, 0.3) is 21.5 Å². The zero-order valence-electron chi connectivity index (χ0n) is 31.2. The number of carbonyl (C=O) groups excluding carboxylic acids is 4. The van der Waals surface area contributed by atoms with Gasteiger partial charge in [-0.15, -0.1) is 0 Å². The summed E-state index contributed by atoms with van der Waals surface area (Å²) in [5, 5.41) is 3.29. The van der Waals surface area contributed by atoms with Crippen molar-refractivity contribution in [3.8, 4) is 0 Å². The van der Waals surface area contributed by atoms with E-state index in [1.807, 2.05) is 81.6 Å². The fourth-order valence-electron chi connectivity index (χ4n) is 7.01. The van der Waals surface area contributed by atoms with E-state index < -0.39 is 5.54 Å². The summed E-state index contributed by atoms with van der Waals surface area (Å²) in [6.07, 6.45) is 3.84. The molecule has 4 amide bonds. The number of likely N-dealkylation sites (N-methyl/N-ethyl adjacent to an activating group) is 2. The maximum absolute atomic E-state index is 13.6. The van der Waals surface area contributed by atoms with Crippen molar-refractivity contribution in [1.82, 2.24) is 19.6 Å². The van der Waals surface area contributed by atoms with Crippen molar-refractivity contribution >= 4 is 45.2 Å². The number of benzene rings is 4. The highest BCUT2D eigenvalue weighted by atomic mass is 16.2. The van der Waals surface area contributed by atoms with Crippen molar-refractivity contribution in [2.75, 3.05) is 46.8 Å². The molecule has 0 bridgehead atoms. The van der Waals surface area contributed by atoms with Gasteiger partial charge in [0.05, 0.1) is 0 Å². The van der Waals surface area contributed by atoms with Gasteiger partial charge in [0.15, 0.2) is 0 Å². The first-order valence-corrected chi connectivity index (χ1v) is 18.2. The molecule has 0 spiro atoms. The lowest BCUT2D eigenvalue weighted by Crippen LogP contribution is -2.56. The van der Waals surface area contributed by atoms with Crippen molar-refractivity contribution in [3.05, 3.63) is 95.1 Å². The molecule has 8 heteroatoms. The first-order valence-electron chi connectivity index (χ1n) is 18.2. The van der Waals surface area contributed by atoms with E-state index in [0.29, 0.717) is 41.9 Å². The van der Waals surface area contributed by atoms with E-state index in [-0.39, 0.29) is 23.6 Å². The van der Waals surface area contributed by atoms with Crippen LogP contribution in [0.15, 0.2) is 72.8 Å². The Labute approximate surface area is 298 Å². The molecule has 8 nitrogen and oxygen atoms in total. The Hall–Kier alpha value is -4.40. The Morgan fingerprint density at radius 1 is 0.600 bits per heavy atom. The Morgan fingerprint density at radius 2 is 1.00 bits per heavy atom. The van der Waals surface area contributed by atoms with Gasteiger partial charge in [0.1, 0.15) is 0 Å². The van der Waals surface area contributed by atoms with Crippen molar-refractivity contribution in [2.24, 2.45) is 0 Å². The second-order valence-electron chi connectivity index (χ2n) is 13.4. The third kappa shape index (κ3) is 7.67. The number of nitrogens with zero attached hydrogens (tertiary/aromatic N) is 4. The molecule has 2 heterocycles. The van der Waals surface area contributed by atoms with Crippen LogP contribution in [0.4, 0.5) is 0 Å². The maximum Gasteiger partial charge on any atom is 0.261 e. The first-order chi connectivity index (χ1) is 24.1. The average Bonchev–Trinajstić information content (AvgIpc) is 3.12. The molecule has 0 radical (unpaired) electrons. The van der Waals surface area contributed by atoms with Crippen LogP contribution in [0.5, 0.6) is 0 Å². The predicted octanol–water partition coefficient (Wildman–Crippen LogP) is 8.14. The van der Waals surface area contributed by atoms with Gasteiger partial charge >= 0.3 is 0 Å². The van der Waals surface area contributed by atoms with Crippen LogP contribution in [0.1, 0.15) is 109 Å². The van der Waals surface area contributed by atoms with Gasteiger partial charge in [-0.05, 0) is 82.0 Å². The molecule has 2 aliphatic rings. The van der Waals surface area contributed by atoms with Crippen LogP contribution >= 0.6 is 0 Å². The summed E-state index contributed by atoms with van der Waals surface area (Å²) in [6, 6.07) is 22.4. The summed E-state index contributed by atoms with van der Waals surface area (Å²) in [5.74, 6) is -0.956. The second kappa shape index (κ2) is 17.0. The molecule has 0 saturated heterocycles. The van der Waals surface area contributed by atoms with Crippen LogP contribution < -0.4 is 0 Å². The summed E-state index contributed by atoms with van der Waals surface area (Å²) in [5.41, 5.74) is 1.91. The number of amides is 4. The summed E-state index contributed by atoms with van der Waals surface area (Å²) >= 11 is 0. The molecule has 266 valence electrons. The van der Waals surface area contributed by atoms with E-state index in [1.165, 1.54) is 16.2 Å². The van der Waals surface area contributed by atoms with Gasteiger partial charge in [0.2, 0.25) is 0 Å². The van der Waals surface area contributed by atoms with E-state index in [0.717, 1.165) is 53.9 Å². The molecular weight excluding hydrogens is 624 g/mol. The average molecular weight is 679 g/mol. The maximum atomic E-state index is 13.6. The highest BCUT2D eigenvalue weighted by Crippen LogP contribution is 2.33. The summed E-state index contributed by atoms with van der Waals surface area (Å²) in [6.45, 7) is 15.2. The van der Waals surface area contributed by atoms with E-state index >= 15 is 0 Å². The molecule has 0 aliphatic carbocycles. The summed E-state index contributed by atoms with van der Waals surface area (Å²) in [7, 11) is 4.06. The van der Waals surface area contributed by atoms with Crippen molar-refractivity contribution in [2.45, 2.75) is 72.8 Å². The van der Waals surface area contributed by atoms with Gasteiger partial charge in [0.25, 0.3) is 23.6 Å². The van der Waals surface area contributed by atoms with Gasteiger partial charge in [-0.25, -0.2) is 0 Å². The molecule has 1 unspecified atom stereocenters. The smallest absolute Gasteiger partial charge is 0.261 e. The molecule has 6 rings (SSSR count). The molecule has 0 aromatic heterocycles. The largest absolute Gasteiger partial charge is 0.305 e. The first kappa shape index (κ1) is 38.4.